The number of rotatable bonds is 5. The van der Waals surface area contributed by atoms with Crippen LogP contribution in [0, 0.1) is 41.1 Å². The molecule has 0 aliphatic heterocycles. The normalized spacial score (nSPS) is 10.7. The summed E-state index contributed by atoms with van der Waals surface area (Å²) in [6.07, 6.45) is 1.41. The van der Waals surface area contributed by atoms with Gasteiger partial charge in [0.05, 0.1) is 34.0 Å². The van der Waals surface area contributed by atoms with Gasteiger partial charge in [0.15, 0.2) is 0 Å². The molecule has 3 rings (SSSR count). The molecule has 0 radical (unpaired) electrons. The van der Waals surface area contributed by atoms with Gasteiger partial charge >= 0.3 is 0 Å². The summed E-state index contributed by atoms with van der Waals surface area (Å²) in [6, 6.07) is 13.4. The van der Waals surface area contributed by atoms with E-state index in [0.29, 0.717) is 11.3 Å². The minimum atomic E-state index is -0.814. The van der Waals surface area contributed by atoms with Gasteiger partial charge in [-0.3, -0.25) is 14.9 Å². The molecule has 0 atom stereocenters. The van der Waals surface area contributed by atoms with Gasteiger partial charge < -0.3 is 4.57 Å². The van der Waals surface area contributed by atoms with Gasteiger partial charge in [-0.1, -0.05) is 6.07 Å². The Balaban J connectivity index is 1.81. The predicted molar refractivity (Wildman–Crippen MR) is 108 cm³/mol. The quantitative estimate of drug-likeness (QED) is 0.395. The maximum Gasteiger partial charge on any atom is 0.274 e. The summed E-state index contributed by atoms with van der Waals surface area (Å²) in [4.78, 5) is 22.7. The Morgan fingerprint density at radius 2 is 2.03 bits per heavy atom. The third-order valence-corrected chi connectivity index (χ3v) is 4.48. The molecule has 0 aliphatic rings. The number of carbonyl (C=O) groups is 1. The van der Waals surface area contributed by atoms with Gasteiger partial charge in [-0.25, -0.2) is 9.82 Å². The summed E-state index contributed by atoms with van der Waals surface area (Å²) >= 11 is 0. The highest BCUT2D eigenvalue weighted by atomic mass is 19.1. The fraction of sp³-hybridized carbons (Fsp3) is 0.0952. The summed E-state index contributed by atoms with van der Waals surface area (Å²) in [7, 11) is 0. The van der Waals surface area contributed by atoms with Crippen LogP contribution in [0.3, 0.4) is 0 Å². The average Bonchev–Trinajstić information content (AvgIpc) is 3.00. The van der Waals surface area contributed by atoms with Gasteiger partial charge in [-0.2, -0.15) is 10.4 Å². The molecule has 0 fully saturated rings. The number of non-ortho nitro benzene ring substituents is 1. The summed E-state index contributed by atoms with van der Waals surface area (Å²) in [5, 5.41) is 23.7. The first-order valence-corrected chi connectivity index (χ1v) is 8.78. The van der Waals surface area contributed by atoms with Crippen LogP contribution < -0.4 is 5.43 Å². The van der Waals surface area contributed by atoms with Gasteiger partial charge in [-0.05, 0) is 44.2 Å². The van der Waals surface area contributed by atoms with Crippen LogP contribution in [-0.4, -0.2) is 21.6 Å². The number of nitro benzene ring substituents is 1. The first kappa shape index (κ1) is 20.4. The van der Waals surface area contributed by atoms with Gasteiger partial charge in [-0.15, -0.1) is 0 Å². The number of nitrogens with one attached hydrogen (secondary N) is 1. The molecule has 30 heavy (non-hydrogen) atoms. The number of hydrogen-bond acceptors (Lipinski definition) is 5. The van der Waals surface area contributed by atoms with E-state index < -0.39 is 16.6 Å². The number of benzene rings is 2. The summed E-state index contributed by atoms with van der Waals surface area (Å²) in [5.41, 5.74) is 5.00. The fourth-order valence-corrected chi connectivity index (χ4v) is 3.05. The van der Waals surface area contributed by atoms with Gasteiger partial charge in [0.1, 0.15) is 5.82 Å². The topological polar surface area (TPSA) is 113 Å². The number of halogens is 1. The van der Waals surface area contributed by atoms with E-state index >= 15 is 0 Å². The number of aromatic nitrogens is 1. The van der Waals surface area contributed by atoms with E-state index in [1.807, 2.05) is 24.5 Å². The van der Waals surface area contributed by atoms with Crippen molar-refractivity contribution in [3.63, 3.8) is 0 Å². The summed E-state index contributed by atoms with van der Waals surface area (Å²) in [6.45, 7) is 3.66. The predicted octanol–water partition coefficient (Wildman–Crippen LogP) is 3.78. The zero-order valence-corrected chi connectivity index (χ0v) is 16.1. The Kier molecular flexibility index (Phi) is 5.69. The lowest BCUT2D eigenvalue weighted by atomic mass is 10.1. The lowest BCUT2D eigenvalue weighted by Gasteiger charge is -2.09. The van der Waals surface area contributed by atoms with Crippen molar-refractivity contribution in [3.05, 3.63) is 92.5 Å². The number of hydrazone groups is 1. The van der Waals surface area contributed by atoms with Crippen molar-refractivity contribution in [2.75, 3.05) is 0 Å². The molecule has 1 heterocycles. The van der Waals surface area contributed by atoms with Crippen molar-refractivity contribution in [1.29, 1.82) is 5.26 Å². The number of nitriles is 1. The van der Waals surface area contributed by atoms with E-state index in [9.17, 15) is 19.3 Å². The monoisotopic (exact) mass is 405 g/mol. The third kappa shape index (κ3) is 4.07. The molecule has 2 aromatic carbocycles. The van der Waals surface area contributed by atoms with E-state index in [2.05, 4.69) is 10.5 Å². The molecule has 8 nitrogen and oxygen atoms in total. The maximum atomic E-state index is 13.9. The molecule has 0 bridgehead atoms. The van der Waals surface area contributed by atoms with Crippen LogP contribution in [0.2, 0.25) is 0 Å². The molecule has 0 aliphatic carbocycles. The first-order valence-electron chi connectivity index (χ1n) is 8.78. The van der Waals surface area contributed by atoms with E-state index in [4.69, 9.17) is 5.26 Å². The van der Waals surface area contributed by atoms with Crippen LogP contribution in [0.4, 0.5) is 10.1 Å². The third-order valence-electron chi connectivity index (χ3n) is 4.48. The highest BCUT2D eigenvalue weighted by Gasteiger charge is 2.14. The van der Waals surface area contributed by atoms with Crippen LogP contribution in [0.15, 0.2) is 53.6 Å². The van der Waals surface area contributed by atoms with Crippen molar-refractivity contribution >= 4 is 17.8 Å². The highest BCUT2D eigenvalue weighted by molar-refractivity contribution is 5.95. The molecule has 3 aromatic rings. The smallest absolute Gasteiger partial charge is 0.274 e. The number of nitrogens with zero attached hydrogens (tertiary/aromatic N) is 4. The number of amides is 1. The zero-order chi connectivity index (χ0) is 21.8. The SMILES string of the molecule is Cc1cc(/C=N/NC(=O)c2ccc(C#N)cc2F)c(C)n1-c1cccc([N+](=O)[O-])c1. The van der Waals surface area contributed by atoms with Gasteiger partial charge in [0, 0.05) is 29.1 Å². The number of carbonyl (C=O) groups excluding carboxylic acids is 1. The van der Waals surface area contributed by atoms with Gasteiger partial charge in [0.25, 0.3) is 11.6 Å². The lowest BCUT2D eigenvalue weighted by Crippen LogP contribution is -2.19. The number of nitro groups is 1. The van der Waals surface area contributed by atoms with Crippen molar-refractivity contribution in [3.8, 4) is 11.8 Å². The Labute approximate surface area is 171 Å². The Morgan fingerprint density at radius 3 is 2.70 bits per heavy atom. The highest BCUT2D eigenvalue weighted by Crippen LogP contribution is 2.23. The molecule has 0 unspecified atom stereocenters. The van der Waals surface area contributed by atoms with Gasteiger partial charge in [0.2, 0.25) is 0 Å². The maximum absolute atomic E-state index is 13.9. The van der Waals surface area contributed by atoms with Crippen molar-refractivity contribution in [2.24, 2.45) is 5.10 Å². The first-order chi connectivity index (χ1) is 14.3. The molecule has 0 saturated heterocycles. The van der Waals surface area contributed by atoms with Crippen LogP contribution in [0.25, 0.3) is 5.69 Å². The molecular weight excluding hydrogens is 389 g/mol. The minimum absolute atomic E-state index is 0.0214. The number of aryl methyl sites for hydroxylation is 1. The van der Waals surface area contributed by atoms with E-state index in [1.165, 1.54) is 30.5 Å². The van der Waals surface area contributed by atoms with E-state index in [0.717, 1.165) is 17.5 Å². The molecule has 1 amide bonds. The Hall–Kier alpha value is -4.32. The fourth-order valence-electron chi connectivity index (χ4n) is 3.05. The molecule has 0 spiro atoms. The van der Waals surface area contributed by atoms with Crippen molar-refractivity contribution < 1.29 is 14.1 Å². The molecule has 0 saturated carbocycles. The second kappa shape index (κ2) is 8.36. The second-order valence-corrected chi connectivity index (χ2v) is 6.44. The number of hydrogen-bond donors (Lipinski definition) is 1. The summed E-state index contributed by atoms with van der Waals surface area (Å²) in [5.74, 6) is -1.56. The molecule has 1 N–H and O–H groups in total. The lowest BCUT2D eigenvalue weighted by molar-refractivity contribution is -0.384. The standard InChI is InChI=1S/C21H16FN5O3/c1-13-8-16(14(2)26(13)17-4-3-5-18(10-17)27(29)30)12-24-25-21(28)19-7-6-15(11-23)9-20(19)22/h3-10,12H,1-2H3,(H,25,28)/b24-12+. The van der Waals surface area contributed by atoms with Crippen molar-refractivity contribution in [2.45, 2.75) is 13.8 Å². The van der Waals surface area contributed by atoms with Crippen molar-refractivity contribution in [1.82, 2.24) is 9.99 Å². The largest absolute Gasteiger partial charge is 0.318 e. The van der Waals surface area contributed by atoms with E-state index in [-0.39, 0.29) is 16.8 Å². The molecule has 150 valence electrons. The zero-order valence-electron chi connectivity index (χ0n) is 16.1. The molecular formula is C21H16FN5O3. The average molecular weight is 405 g/mol. The second-order valence-electron chi connectivity index (χ2n) is 6.44. The van der Waals surface area contributed by atoms with E-state index in [1.54, 1.807) is 18.2 Å². The van der Waals surface area contributed by atoms with Crippen LogP contribution in [0.5, 0.6) is 0 Å². The Bertz CT molecular complexity index is 1220. The molecule has 9 heteroatoms. The molecule has 1 aromatic heterocycles. The van der Waals surface area contributed by atoms with Crippen LogP contribution in [-0.2, 0) is 0 Å². The van der Waals surface area contributed by atoms with Crippen LogP contribution in [0.1, 0.15) is 32.9 Å². The minimum Gasteiger partial charge on any atom is -0.318 e. The Morgan fingerprint density at radius 1 is 1.27 bits per heavy atom. The summed E-state index contributed by atoms with van der Waals surface area (Å²) < 4.78 is 15.7. The van der Waals surface area contributed by atoms with Crippen LogP contribution >= 0.6 is 0 Å².